The molecule has 3 aromatic heterocycles. The molecule has 6 nitrogen and oxygen atoms in total. The van der Waals surface area contributed by atoms with Crippen LogP contribution in [0.3, 0.4) is 0 Å². The standard InChI is InChI=1S/C17H15N5OS.2ClH/c1-10-4-6-24-14(10)9-20-17-21-13(16(23)22-17)7-11-8-19-15-12(11)3-2-5-18-15;;/h2-8H,9H2,1H3,(H,18,19)(H2,20,21,22,23);2*1H/b13-7-;;. The number of hydrogen-bond acceptors (Lipinski definition) is 5. The van der Waals surface area contributed by atoms with E-state index < -0.39 is 0 Å². The minimum absolute atomic E-state index is 0. The summed E-state index contributed by atoms with van der Waals surface area (Å²) in [5, 5.41) is 8.94. The molecule has 4 rings (SSSR count). The predicted molar refractivity (Wildman–Crippen MR) is 110 cm³/mol. The van der Waals surface area contributed by atoms with Gasteiger partial charge in [0.25, 0.3) is 5.91 Å². The average Bonchev–Trinajstić information content (AvgIpc) is 3.27. The molecule has 1 amide bonds. The number of aliphatic imine (C=N–C) groups is 1. The summed E-state index contributed by atoms with van der Waals surface area (Å²) in [4.78, 5) is 25.0. The zero-order chi connectivity index (χ0) is 16.5. The maximum Gasteiger partial charge on any atom is 0.276 e. The highest BCUT2D eigenvalue weighted by Gasteiger charge is 2.20. The lowest BCUT2D eigenvalue weighted by molar-refractivity contribution is -0.115. The second kappa shape index (κ2) is 8.35. The fourth-order valence-corrected chi connectivity index (χ4v) is 3.39. The van der Waals surface area contributed by atoms with E-state index in [-0.39, 0.29) is 30.7 Å². The van der Waals surface area contributed by atoms with Crippen molar-refractivity contribution in [1.29, 1.82) is 0 Å². The number of carbonyl (C=O) groups excluding carboxylic acids is 1. The fraction of sp³-hybridized carbons (Fsp3) is 0.118. The Morgan fingerprint density at radius 2 is 2.15 bits per heavy atom. The second-order valence-electron chi connectivity index (χ2n) is 5.47. The Morgan fingerprint density at radius 1 is 1.31 bits per heavy atom. The summed E-state index contributed by atoms with van der Waals surface area (Å²) in [5.41, 5.74) is 3.30. The van der Waals surface area contributed by atoms with Gasteiger partial charge in [0.1, 0.15) is 11.3 Å². The van der Waals surface area contributed by atoms with Crippen molar-refractivity contribution in [2.24, 2.45) is 4.99 Å². The Labute approximate surface area is 166 Å². The number of nitrogens with one attached hydrogen (secondary N) is 3. The van der Waals surface area contributed by atoms with Crippen molar-refractivity contribution in [3.63, 3.8) is 0 Å². The molecular formula is C17H17Cl2N5OS. The number of fused-ring (bicyclic) bond motifs is 1. The number of H-pyrrole nitrogens is 1. The van der Waals surface area contributed by atoms with Crippen molar-refractivity contribution in [2.45, 2.75) is 13.5 Å². The van der Waals surface area contributed by atoms with Crippen LogP contribution in [0.2, 0.25) is 0 Å². The van der Waals surface area contributed by atoms with E-state index in [4.69, 9.17) is 0 Å². The Kier molecular flexibility index (Phi) is 6.42. The van der Waals surface area contributed by atoms with E-state index in [9.17, 15) is 4.79 Å². The number of aromatic amines is 1. The van der Waals surface area contributed by atoms with Crippen LogP contribution in [0.5, 0.6) is 0 Å². The van der Waals surface area contributed by atoms with Crippen LogP contribution in [-0.4, -0.2) is 21.8 Å². The van der Waals surface area contributed by atoms with E-state index in [1.165, 1.54) is 10.4 Å². The molecule has 0 atom stereocenters. The fourth-order valence-electron chi connectivity index (χ4n) is 2.55. The van der Waals surface area contributed by atoms with Crippen LogP contribution < -0.4 is 10.6 Å². The van der Waals surface area contributed by atoms with E-state index in [1.807, 2.05) is 18.3 Å². The first-order valence-electron chi connectivity index (χ1n) is 7.51. The molecule has 0 saturated heterocycles. The van der Waals surface area contributed by atoms with Crippen LogP contribution in [0.4, 0.5) is 0 Å². The number of thiophene rings is 1. The van der Waals surface area contributed by atoms with Gasteiger partial charge in [-0.05, 0) is 42.1 Å². The van der Waals surface area contributed by atoms with E-state index >= 15 is 0 Å². The summed E-state index contributed by atoms with van der Waals surface area (Å²) in [5.74, 6) is 0.274. The van der Waals surface area contributed by atoms with Crippen molar-refractivity contribution in [1.82, 2.24) is 20.6 Å². The largest absolute Gasteiger partial charge is 0.351 e. The molecule has 4 heterocycles. The number of aryl methyl sites for hydroxylation is 1. The lowest BCUT2D eigenvalue weighted by Crippen LogP contribution is -2.35. The van der Waals surface area contributed by atoms with Gasteiger partial charge in [-0.1, -0.05) is 0 Å². The molecule has 26 heavy (non-hydrogen) atoms. The molecular weight excluding hydrogens is 393 g/mol. The zero-order valence-electron chi connectivity index (χ0n) is 13.8. The third kappa shape index (κ3) is 3.90. The van der Waals surface area contributed by atoms with Crippen LogP contribution in [0.1, 0.15) is 16.0 Å². The van der Waals surface area contributed by atoms with E-state index in [0.29, 0.717) is 18.2 Å². The van der Waals surface area contributed by atoms with Crippen molar-refractivity contribution < 1.29 is 4.79 Å². The molecule has 0 unspecified atom stereocenters. The number of amides is 1. The van der Waals surface area contributed by atoms with Gasteiger partial charge in [-0.2, -0.15) is 0 Å². The normalized spacial score (nSPS) is 14.6. The van der Waals surface area contributed by atoms with Crippen LogP contribution in [0, 0.1) is 6.92 Å². The van der Waals surface area contributed by atoms with Crippen molar-refractivity contribution in [2.75, 3.05) is 0 Å². The first-order chi connectivity index (χ1) is 11.7. The molecule has 3 N–H and O–H groups in total. The Bertz CT molecular complexity index is 992. The highest BCUT2D eigenvalue weighted by molar-refractivity contribution is 7.10. The van der Waals surface area contributed by atoms with Gasteiger partial charge in [0, 0.05) is 28.2 Å². The number of guanidine groups is 1. The summed E-state index contributed by atoms with van der Waals surface area (Å²) in [6, 6.07) is 5.90. The molecule has 0 saturated carbocycles. The topological polar surface area (TPSA) is 82.2 Å². The molecule has 0 fully saturated rings. The summed E-state index contributed by atoms with van der Waals surface area (Å²) in [7, 11) is 0. The number of rotatable bonds is 3. The zero-order valence-corrected chi connectivity index (χ0v) is 16.2. The van der Waals surface area contributed by atoms with Crippen LogP contribution in [0.25, 0.3) is 17.1 Å². The van der Waals surface area contributed by atoms with Gasteiger partial charge in [0.15, 0.2) is 0 Å². The predicted octanol–water partition coefficient (Wildman–Crippen LogP) is 3.39. The van der Waals surface area contributed by atoms with Gasteiger partial charge in [-0.15, -0.1) is 36.2 Å². The number of aromatic nitrogens is 2. The molecule has 1 aliphatic heterocycles. The number of carbonyl (C=O) groups is 1. The Morgan fingerprint density at radius 3 is 2.92 bits per heavy atom. The molecule has 3 aromatic rings. The molecule has 0 aromatic carbocycles. The molecule has 0 bridgehead atoms. The number of hydrogen-bond donors (Lipinski definition) is 3. The van der Waals surface area contributed by atoms with Crippen molar-refractivity contribution in [3.05, 3.63) is 57.7 Å². The van der Waals surface area contributed by atoms with Crippen molar-refractivity contribution >= 4 is 65.1 Å². The molecule has 0 radical (unpaired) electrons. The molecule has 136 valence electrons. The monoisotopic (exact) mass is 409 g/mol. The lowest BCUT2D eigenvalue weighted by atomic mass is 10.2. The summed E-state index contributed by atoms with van der Waals surface area (Å²) in [6.07, 6.45) is 5.32. The van der Waals surface area contributed by atoms with E-state index in [2.05, 4.69) is 44.0 Å². The van der Waals surface area contributed by atoms with Crippen LogP contribution in [0.15, 0.2) is 46.7 Å². The highest BCUT2D eigenvalue weighted by atomic mass is 35.5. The average molecular weight is 410 g/mol. The number of nitrogens with zero attached hydrogens (tertiary/aromatic N) is 2. The lowest BCUT2D eigenvalue weighted by Gasteiger charge is -2.04. The van der Waals surface area contributed by atoms with Crippen molar-refractivity contribution in [3.8, 4) is 0 Å². The first-order valence-corrected chi connectivity index (χ1v) is 8.39. The highest BCUT2D eigenvalue weighted by Crippen LogP contribution is 2.20. The smallest absolute Gasteiger partial charge is 0.276 e. The minimum Gasteiger partial charge on any atom is -0.351 e. The maximum absolute atomic E-state index is 12.1. The first kappa shape index (κ1) is 20.0. The van der Waals surface area contributed by atoms with Gasteiger partial charge in [0.05, 0.1) is 6.54 Å². The quantitative estimate of drug-likeness (QED) is 0.579. The van der Waals surface area contributed by atoms with Gasteiger partial charge in [0.2, 0.25) is 5.96 Å². The van der Waals surface area contributed by atoms with Gasteiger partial charge in [-0.3, -0.25) is 10.1 Å². The maximum atomic E-state index is 12.1. The second-order valence-corrected chi connectivity index (χ2v) is 6.47. The third-order valence-corrected chi connectivity index (χ3v) is 4.88. The third-order valence-electron chi connectivity index (χ3n) is 3.86. The van der Waals surface area contributed by atoms with Gasteiger partial charge < -0.3 is 10.3 Å². The SMILES string of the molecule is Cc1ccsc1CNC1=N/C(=C\c2c[nH]c3ncccc23)C(=O)N1.Cl.Cl. The molecule has 1 aliphatic rings. The number of halogens is 2. The van der Waals surface area contributed by atoms with Crippen LogP contribution >= 0.6 is 36.2 Å². The summed E-state index contributed by atoms with van der Waals surface area (Å²) < 4.78 is 0. The summed E-state index contributed by atoms with van der Waals surface area (Å²) >= 11 is 1.68. The molecule has 9 heteroatoms. The summed E-state index contributed by atoms with van der Waals surface area (Å²) in [6.45, 7) is 2.71. The Hall–Kier alpha value is -2.35. The van der Waals surface area contributed by atoms with Crippen LogP contribution in [-0.2, 0) is 11.3 Å². The van der Waals surface area contributed by atoms with E-state index in [0.717, 1.165) is 16.6 Å². The minimum atomic E-state index is -0.210. The van der Waals surface area contributed by atoms with Gasteiger partial charge in [-0.25, -0.2) is 9.98 Å². The van der Waals surface area contributed by atoms with Gasteiger partial charge >= 0.3 is 0 Å². The molecule has 0 aliphatic carbocycles. The van der Waals surface area contributed by atoms with E-state index in [1.54, 1.807) is 23.6 Å². The molecule has 0 spiro atoms. The Balaban J connectivity index is 0.00000121. The number of pyridine rings is 1.